The first-order valence-corrected chi connectivity index (χ1v) is 14.2. The van der Waals surface area contributed by atoms with E-state index in [9.17, 15) is 18.0 Å². The fourth-order valence-electron chi connectivity index (χ4n) is 5.08. The van der Waals surface area contributed by atoms with Gasteiger partial charge in [0.25, 0.3) is 0 Å². The molecule has 1 aromatic heterocycles. The van der Waals surface area contributed by atoms with Gasteiger partial charge in [-0.2, -0.15) is 13.2 Å². The number of Topliss-reactive ketones (excluding diaryl/α,β-unsaturated/α-hetero) is 1. The third-order valence-corrected chi connectivity index (χ3v) is 7.46. The molecule has 0 bridgehead atoms. The lowest BCUT2D eigenvalue weighted by molar-refractivity contribution is -0.137. The van der Waals surface area contributed by atoms with Crippen LogP contribution >= 0.6 is 0 Å². The normalized spacial score (nSPS) is 14.1. The Morgan fingerprint density at radius 1 is 1.10 bits per heavy atom. The topological polar surface area (TPSA) is 51.7 Å². The van der Waals surface area contributed by atoms with E-state index < -0.39 is 17.3 Å². The van der Waals surface area contributed by atoms with Crippen molar-refractivity contribution in [3.8, 4) is 23.5 Å². The van der Waals surface area contributed by atoms with E-state index in [1.165, 1.54) is 12.1 Å². The molecule has 42 heavy (non-hydrogen) atoms. The van der Waals surface area contributed by atoms with Gasteiger partial charge in [0.05, 0.1) is 30.2 Å². The number of nitrogens with zero attached hydrogens (tertiary/aromatic N) is 2. The van der Waals surface area contributed by atoms with E-state index in [0.29, 0.717) is 25.4 Å². The van der Waals surface area contributed by atoms with Crippen molar-refractivity contribution in [3.63, 3.8) is 0 Å². The first kappa shape index (κ1) is 31.3. The van der Waals surface area contributed by atoms with Gasteiger partial charge in [-0.05, 0) is 68.5 Å². The van der Waals surface area contributed by atoms with Crippen LogP contribution in [0.4, 0.5) is 18.9 Å². The van der Waals surface area contributed by atoms with Gasteiger partial charge in [-0.25, -0.2) is 0 Å². The van der Waals surface area contributed by atoms with Crippen molar-refractivity contribution >= 4 is 11.5 Å². The van der Waals surface area contributed by atoms with E-state index in [4.69, 9.17) is 20.9 Å². The molecule has 0 amide bonds. The third-order valence-electron chi connectivity index (χ3n) is 7.46. The molecule has 0 atom stereocenters. The number of pyridine rings is 1. The number of rotatable bonds is 11. The van der Waals surface area contributed by atoms with E-state index >= 15 is 0 Å². The lowest BCUT2D eigenvalue weighted by Gasteiger charge is -2.35. The Bertz CT molecular complexity index is 1440. The van der Waals surface area contributed by atoms with Gasteiger partial charge in [0.1, 0.15) is 5.60 Å². The van der Waals surface area contributed by atoms with E-state index in [0.717, 1.165) is 72.6 Å². The number of carbonyl (C=O) groups is 1. The monoisotopic (exact) mass is 578 g/mol. The van der Waals surface area contributed by atoms with Gasteiger partial charge in [-0.3, -0.25) is 9.78 Å². The van der Waals surface area contributed by atoms with E-state index in [2.05, 4.69) is 16.9 Å². The van der Waals surface area contributed by atoms with Crippen molar-refractivity contribution in [2.75, 3.05) is 37.8 Å². The molecule has 2 heterocycles. The van der Waals surface area contributed by atoms with Crippen LogP contribution in [0.15, 0.2) is 54.7 Å². The van der Waals surface area contributed by atoms with Crippen LogP contribution in [-0.2, 0) is 27.7 Å². The molecule has 1 fully saturated rings. The molecule has 0 unspecified atom stereocenters. The molecule has 2 aromatic carbocycles. The molecule has 0 radical (unpaired) electrons. The van der Waals surface area contributed by atoms with Crippen molar-refractivity contribution < 1.29 is 27.4 Å². The minimum absolute atomic E-state index is 0.0169. The Kier molecular flexibility index (Phi) is 10.1. The molecule has 222 valence electrons. The highest BCUT2D eigenvalue weighted by molar-refractivity contribution is 5.97. The number of hydrogen-bond donors (Lipinski definition) is 0. The number of benzene rings is 2. The third kappa shape index (κ3) is 7.78. The summed E-state index contributed by atoms with van der Waals surface area (Å²) in [4.78, 5) is 20.1. The molecule has 0 aliphatic carbocycles. The highest BCUT2D eigenvalue weighted by Crippen LogP contribution is 2.36. The van der Waals surface area contributed by atoms with Crippen molar-refractivity contribution in [3.05, 3.63) is 82.7 Å². The fourth-order valence-corrected chi connectivity index (χ4v) is 5.08. The number of ketones is 1. The van der Waals surface area contributed by atoms with E-state index in [-0.39, 0.29) is 17.8 Å². The van der Waals surface area contributed by atoms with Gasteiger partial charge in [0.2, 0.25) is 0 Å². The number of aromatic nitrogens is 1. The Balaban J connectivity index is 1.63. The molecule has 0 N–H and O–H groups in total. The Morgan fingerprint density at radius 3 is 2.57 bits per heavy atom. The van der Waals surface area contributed by atoms with Crippen LogP contribution in [0.5, 0.6) is 0 Å². The first-order valence-electron chi connectivity index (χ1n) is 14.2. The maximum atomic E-state index is 13.2. The summed E-state index contributed by atoms with van der Waals surface area (Å²) < 4.78 is 51.4. The van der Waals surface area contributed by atoms with Gasteiger partial charge in [0.15, 0.2) is 5.78 Å². The van der Waals surface area contributed by atoms with Crippen molar-refractivity contribution in [1.82, 2.24) is 4.98 Å². The maximum absolute atomic E-state index is 13.2. The molecule has 4 rings (SSSR count). The standard InChI is InChI=1S/C34H37F3N2O3/c1-5-6-7-8-16-42-33(3,4)32-30(39-14-17-41-18-15-39)22-27(23-38-32)29-19-25(13-12-24(29)2)20-31(40)26-10-9-11-28(21-26)34(35,36)37/h1,9-13,19,21-23H,6-8,14-18,20H2,2-4H3. The first-order chi connectivity index (χ1) is 20.0. The summed E-state index contributed by atoms with van der Waals surface area (Å²) in [6, 6.07) is 12.4. The number of alkyl halides is 3. The number of halogens is 3. The Labute approximate surface area is 246 Å². The van der Waals surface area contributed by atoms with Crippen molar-refractivity contribution in [1.29, 1.82) is 0 Å². The number of aryl methyl sites for hydroxylation is 1. The van der Waals surface area contributed by atoms with Crippen LogP contribution in [0, 0.1) is 19.3 Å². The average molecular weight is 579 g/mol. The largest absolute Gasteiger partial charge is 0.416 e. The second-order valence-electron chi connectivity index (χ2n) is 11.0. The van der Waals surface area contributed by atoms with E-state index in [1.807, 2.05) is 45.2 Å². The summed E-state index contributed by atoms with van der Waals surface area (Å²) in [5.41, 5.74) is 3.86. The molecule has 8 heteroatoms. The number of unbranched alkanes of at least 4 members (excludes halogenated alkanes) is 2. The van der Waals surface area contributed by atoms with Gasteiger partial charge < -0.3 is 14.4 Å². The summed E-state index contributed by atoms with van der Waals surface area (Å²) in [5, 5.41) is 0. The molecule has 1 aliphatic rings. The number of ether oxygens (including phenoxy) is 2. The van der Waals surface area contributed by atoms with Gasteiger partial charge in [-0.15, -0.1) is 12.3 Å². The predicted molar refractivity (Wildman–Crippen MR) is 159 cm³/mol. The molecule has 0 saturated carbocycles. The van der Waals surface area contributed by atoms with Crippen molar-refractivity contribution in [2.45, 2.75) is 58.2 Å². The van der Waals surface area contributed by atoms with Crippen LogP contribution in [-0.4, -0.2) is 43.7 Å². The second-order valence-corrected chi connectivity index (χ2v) is 11.0. The highest BCUT2D eigenvalue weighted by Gasteiger charge is 2.31. The maximum Gasteiger partial charge on any atom is 0.416 e. The zero-order chi connectivity index (χ0) is 30.3. The summed E-state index contributed by atoms with van der Waals surface area (Å²) in [5.74, 6) is 2.28. The summed E-state index contributed by atoms with van der Waals surface area (Å²) in [7, 11) is 0. The van der Waals surface area contributed by atoms with Crippen LogP contribution in [0.25, 0.3) is 11.1 Å². The van der Waals surface area contributed by atoms with Crippen LogP contribution in [0.3, 0.4) is 0 Å². The fraction of sp³-hybridized carbons (Fsp3) is 0.412. The number of terminal acetylenes is 1. The number of anilines is 1. The second kappa shape index (κ2) is 13.5. The SMILES string of the molecule is C#CCCCCOC(C)(C)c1ncc(-c2cc(CC(=O)c3cccc(C(F)(F)F)c3)ccc2C)cc1N1CCOCC1. The van der Waals surface area contributed by atoms with Gasteiger partial charge in [-0.1, -0.05) is 30.3 Å². The number of carbonyl (C=O) groups excluding carboxylic acids is 1. The zero-order valence-corrected chi connectivity index (χ0v) is 24.4. The zero-order valence-electron chi connectivity index (χ0n) is 24.4. The number of hydrogen-bond acceptors (Lipinski definition) is 5. The van der Waals surface area contributed by atoms with Gasteiger partial charge in [0, 0.05) is 49.9 Å². The molecule has 1 saturated heterocycles. The minimum Gasteiger partial charge on any atom is -0.378 e. The Hall–Kier alpha value is -3.67. The molecule has 5 nitrogen and oxygen atoms in total. The highest BCUT2D eigenvalue weighted by atomic mass is 19.4. The van der Waals surface area contributed by atoms with Gasteiger partial charge >= 0.3 is 6.18 Å². The lowest BCUT2D eigenvalue weighted by Crippen LogP contribution is -2.38. The molecular formula is C34H37F3N2O3. The van der Waals surface area contributed by atoms with Crippen LogP contribution in [0.1, 0.15) is 65.9 Å². The average Bonchev–Trinajstić information content (AvgIpc) is 2.98. The molecule has 3 aromatic rings. The van der Waals surface area contributed by atoms with Crippen LogP contribution < -0.4 is 4.90 Å². The predicted octanol–water partition coefficient (Wildman–Crippen LogP) is 7.39. The number of morpholine rings is 1. The summed E-state index contributed by atoms with van der Waals surface area (Å²) in [6.45, 7) is 9.27. The van der Waals surface area contributed by atoms with Crippen LogP contribution in [0.2, 0.25) is 0 Å². The summed E-state index contributed by atoms with van der Waals surface area (Å²) in [6.07, 6.45) is 5.16. The quantitative estimate of drug-likeness (QED) is 0.135. The minimum atomic E-state index is -4.51. The summed E-state index contributed by atoms with van der Waals surface area (Å²) >= 11 is 0. The molecule has 0 spiro atoms. The smallest absolute Gasteiger partial charge is 0.378 e. The molecule has 1 aliphatic heterocycles. The Morgan fingerprint density at radius 2 is 1.86 bits per heavy atom. The lowest BCUT2D eigenvalue weighted by atomic mass is 9.93. The van der Waals surface area contributed by atoms with Crippen molar-refractivity contribution in [2.24, 2.45) is 0 Å². The molecular weight excluding hydrogens is 541 g/mol. The van der Waals surface area contributed by atoms with E-state index in [1.54, 1.807) is 0 Å².